The third-order valence-electron chi connectivity index (χ3n) is 3.28. The maximum Gasteiger partial charge on any atom is 0.387 e. The number of carbonyl (C=O) groups is 1. The normalized spacial score (nSPS) is 10.8. The van der Waals surface area contributed by atoms with Gasteiger partial charge in [-0.25, -0.2) is 4.98 Å². The molecule has 0 saturated carbocycles. The van der Waals surface area contributed by atoms with Gasteiger partial charge in [-0.05, 0) is 29.8 Å². The topological polar surface area (TPSA) is 64.9 Å². The van der Waals surface area contributed by atoms with Crippen molar-refractivity contribution >= 4 is 17.8 Å². The molecule has 0 bridgehead atoms. The van der Waals surface area contributed by atoms with Crippen LogP contribution in [0.4, 0.5) is 14.5 Å². The third kappa shape index (κ3) is 3.43. The zero-order chi connectivity index (χ0) is 16.9. The monoisotopic (exact) mass is 333 g/mol. The lowest BCUT2D eigenvalue weighted by Crippen LogP contribution is -2.06. The molecule has 24 heavy (non-hydrogen) atoms. The number of aromatic nitrogens is 2. The van der Waals surface area contributed by atoms with Gasteiger partial charge in [0, 0.05) is 18.9 Å². The Hall–Kier alpha value is -3.16. The molecule has 0 unspecified atom stereocenters. The van der Waals surface area contributed by atoms with Gasteiger partial charge in [-0.15, -0.1) is 0 Å². The molecule has 3 rings (SSSR count). The molecule has 2 aromatic heterocycles. The number of nitrogens with one attached hydrogen (secondary N) is 1. The van der Waals surface area contributed by atoms with Crippen LogP contribution >= 0.6 is 0 Å². The van der Waals surface area contributed by atoms with Crippen LogP contribution < -0.4 is 14.8 Å². The van der Waals surface area contributed by atoms with Gasteiger partial charge < -0.3 is 14.8 Å². The molecular formula is C16H13F2N3O3. The van der Waals surface area contributed by atoms with Crippen molar-refractivity contribution in [2.45, 2.75) is 13.2 Å². The van der Waals surface area contributed by atoms with E-state index < -0.39 is 6.61 Å². The van der Waals surface area contributed by atoms with Crippen molar-refractivity contribution < 1.29 is 23.0 Å². The second-order valence-corrected chi connectivity index (χ2v) is 4.80. The molecule has 1 aromatic carbocycles. The largest absolute Gasteiger partial charge is 0.435 e. The Balaban J connectivity index is 1.80. The first-order valence-electron chi connectivity index (χ1n) is 7.01. The lowest BCUT2D eigenvalue weighted by molar-refractivity contribution is -0.120. The van der Waals surface area contributed by atoms with Crippen LogP contribution in [0.5, 0.6) is 11.6 Å². The van der Waals surface area contributed by atoms with E-state index in [2.05, 4.69) is 15.0 Å². The highest BCUT2D eigenvalue weighted by Gasteiger charge is 2.10. The second-order valence-electron chi connectivity index (χ2n) is 4.80. The number of alkyl halides is 2. The van der Waals surface area contributed by atoms with Crippen LogP contribution in [0.1, 0.15) is 5.56 Å². The van der Waals surface area contributed by atoms with Crippen molar-refractivity contribution in [2.75, 3.05) is 5.32 Å². The van der Waals surface area contributed by atoms with Crippen LogP contribution in [0.15, 0.2) is 48.8 Å². The van der Waals surface area contributed by atoms with Gasteiger partial charge in [-0.2, -0.15) is 8.78 Å². The van der Waals surface area contributed by atoms with E-state index in [1.54, 1.807) is 41.1 Å². The zero-order valence-electron chi connectivity index (χ0n) is 12.4. The van der Waals surface area contributed by atoms with Crippen LogP contribution in [0.25, 0.3) is 5.65 Å². The van der Waals surface area contributed by atoms with Crippen LogP contribution in [0.3, 0.4) is 0 Å². The smallest absolute Gasteiger partial charge is 0.387 e. The van der Waals surface area contributed by atoms with E-state index in [1.807, 2.05) is 0 Å². The van der Waals surface area contributed by atoms with Crippen LogP contribution in [-0.2, 0) is 11.3 Å². The third-order valence-corrected chi connectivity index (χ3v) is 3.28. The second kappa shape index (κ2) is 6.95. The molecule has 124 valence electrons. The van der Waals surface area contributed by atoms with Crippen molar-refractivity contribution in [3.8, 4) is 11.6 Å². The van der Waals surface area contributed by atoms with Gasteiger partial charge in [0.1, 0.15) is 11.4 Å². The molecular weight excluding hydrogens is 320 g/mol. The highest BCUT2D eigenvalue weighted by atomic mass is 19.3. The molecule has 3 aromatic rings. The van der Waals surface area contributed by atoms with E-state index in [4.69, 9.17) is 4.74 Å². The fraction of sp³-hybridized carbons (Fsp3) is 0.125. The molecule has 0 saturated heterocycles. The number of imidazole rings is 1. The predicted octanol–water partition coefficient (Wildman–Crippen LogP) is 3.08. The van der Waals surface area contributed by atoms with Crippen molar-refractivity contribution in [1.29, 1.82) is 0 Å². The summed E-state index contributed by atoms with van der Waals surface area (Å²) in [4.78, 5) is 14.9. The van der Waals surface area contributed by atoms with Crippen molar-refractivity contribution in [1.82, 2.24) is 9.38 Å². The standard InChI is InChI=1S/C16H13F2N3O3/c17-16(18)24-12-3-1-2-11(8-12)9-20-13-4-5-14-19-6-7-21(14)15(13)23-10-22/h1-8,10,16,20H,9H2. The Kier molecular flexibility index (Phi) is 4.55. The quantitative estimate of drug-likeness (QED) is 0.673. The molecule has 0 aliphatic rings. The van der Waals surface area contributed by atoms with Gasteiger partial charge in [0.2, 0.25) is 5.88 Å². The number of halogens is 2. The van der Waals surface area contributed by atoms with Gasteiger partial charge in [0.15, 0.2) is 0 Å². The first kappa shape index (κ1) is 15.7. The summed E-state index contributed by atoms with van der Waals surface area (Å²) < 4.78 is 35.5. The lowest BCUT2D eigenvalue weighted by atomic mass is 10.2. The first-order valence-corrected chi connectivity index (χ1v) is 7.01. The minimum absolute atomic E-state index is 0.0822. The maximum atomic E-state index is 12.3. The highest BCUT2D eigenvalue weighted by Crippen LogP contribution is 2.26. The Morgan fingerprint density at radius 3 is 2.96 bits per heavy atom. The number of benzene rings is 1. The summed E-state index contributed by atoms with van der Waals surface area (Å²) in [5.41, 5.74) is 1.92. The minimum atomic E-state index is -2.87. The number of fused-ring (bicyclic) bond motifs is 1. The molecule has 8 heteroatoms. The molecule has 2 heterocycles. The summed E-state index contributed by atoms with van der Waals surface area (Å²) in [5.74, 6) is 0.374. The Morgan fingerprint density at radius 2 is 2.17 bits per heavy atom. The number of nitrogens with zero attached hydrogens (tertiary/aromatic N) is 2. The van der Waals surface area contributed by atoms with Gasteiger partial charge in [-0.3, -0.25) is 9.20 Å². The van der Waals surface area contributed by atoms with Crippen LogP contribution in [0, 0.1) is 0 Å². The Morgan fingerprint density at radius 1 is 1.29 bits per heavy atom. The molecule has 0 radical (unpaired) electrons. The predicted molar refractivity (Wildman–Crippen MR) is 82.3 cm³/mol. The highest BCUT2D eigenvalue weighted by molar-refractivity contribution is 5.63. The minimum Gasteiger partial charge on any atom is -0.435 e. The van der Waals surface area contributed by atoms with Gasteiger partial charge in [0.25, 0.3) is 6.47 Å². The first-order chi connectivity index (χ1) is 11.7. The molecule has 0 atom stereocenters. The number of hydrogen-bond acceptors (Lipinski definition) is 5. The average Bonchev–Trinajstić information content (AvgIpc) is 3.03. The average molecular weight is 333 g/mol. The molecule has 0 aliphatic heterocycles. The van der Waals surface area contributed by atoms with Crippen molar-refractivity contribution in [3.05, 3.63) is 54.4 Å². The number of anilines is 1. The number of ether oxygens (including phenoxy) is 2. The van der Waals surface area contributed by atoms with Crippen molar-refractivity contribution in [3.63, 3.8) is 0 Å². The molecule has 6 nitrogen and oxygen atoms in total. The van der Waals surface area contributed by atoms with Crippen LogP contribution in [-0.4, -0.2) is 22.5 Å². The number of hydrogen-bond donors (Lipinski definition) is 1. The van der Waals surface area contributed by atoms with E-state index in [1.165, 1.54) is 12.1 Å². The SMILES string of the molecule is O=COc1c(NCc2cccc(OC(F)F)c2)ccc2nccn12. The zero-order valence-corrected chi connectivity index (χ0v) is 12.4. The summed E-state index contributed by atoms with van der Waals surface area (Å²) >= 11 is 0. The molecule has 0 amide bonds. The Labute approximate surface area is 135 Å². The van der Waals surface area contributed by atoms with Gasteiger partial charge >= 0.3 is 6.61 Å². The summed E-state index contributed by atoms with van der Waals surface area (Å²) in [5, 5.41) is 3.10. The fourth-order valence-corrected chi connectivity index (χ4v) is 2.30. The lowest BCUT2D eigenvalue weighted by Gasteiger charge is -2.12. The van der Waals surface area contributed by atoms with Crippen molar-refractivity contribution in [2.24, 2.45) is 0 Å². The fourth-order valence-electron chi connectivity index (χ4n) is 2.30. The van der Waals surface area contributed by atoms with E-state index in [9.17, 15) is 13.6 Å². The maximum absolute atomic E-state index is 12.3. The van der Waals surface area contributed by atoms with E-state index in [0.29, 0.717) is 30.2 Å². The van der Waals surface area contributed by atoms with Crippen LogP contribution in [0.2, 0.25) is 0 Å². The summed E-state index contributed by atoms with van der Waals surface area (Å²) in [7, 11) is 0. The van der Waals surface area contributed by atoms with E-state index in [0.717, 1.165) is 5.56 Å². The molecule has 1 N–H and O–H groups in total. The Bertz CT molecular complexity index is 851. The number of rotatable bonds is 7. The van der Waals surface area contributed by atoms with E-state index >= 15 is 0 Å². The molecule has 0 aliphatic carbocycles. The number of pyridine rings is 1. The van der Waals surface area contributed by atoms with Gasteiger partial charge in [-0.1, -0.05) is 12.1 Å². The summed E-state index contributed by atoms with van der Waals surface area (Å²) in [6.45, 7) is -2.21. The summed E-state index contributed by atoms with van der Waals surface area (Å²) in [6, 6.07) is 9.83. The number of carbonyl (C=O) groups excluding carboxylic acids is 1. The summed E-state index contributed by atoms with van der Waals surface area (Å²) in [6.07, 6.45) is 3.25. The van der Waals surface area contributed by atoms with E-state index in [-0.39, 0.29) is 5.75 Å². The van der Waals surface area contributed by atoms with Gasteiger partial charge in [0.05, 0.1) is 5.69 Å². The molecule has 0 spiro atoms. The molecule has 0 fully saturated rings.